The fourth-order valence-corrected chi connectivity index (χ4v) is 2.97. The molecule has 30 heavy (non-hydrogen) atoms. The molecule has 0 radical (unpaired) electrons. The molecule has 2 aromatic carbocycles. The largest absolute Gasteiger partial charge is 0.493 e. The molecule has 0 spiro atoms. The molecular weight excluding hydrogens is 392 g/mol. The molecule has 0 unspecified atom stereocenters. The predicted molar refractivity (Wildman–Crippen MR) is 109 cm³/mol. The van der Waals surface area contributed by atoms with Gasteiger partial charge < -0.3 is 14.8 Å². The topological polar surface area (TPSA) is 65.4 Å². The number of amides is 1. The van der Waals surface area contributed by atoms with E-state index in [1.54, 1.807) is 26.3 Å². The Balaban J connectivity index is 1.77. The number of carbonyl (C=O) groups excluding carboxylic acids is 1. The molecule has 1 heterocycles. The number of carbonyl (C=O) groups is 1. The Hall–Kier alpha value is -3.42. The van der Waals surface area contributed by atoms with Crippen LogP contribution in [0.3, 0.4) is 0 Å². The van der Waals surface area contributed by atoms with Gasteiger partial charge in [0, 0.05) is 31.4 Å². The molecule has 3 rings (SSSR count). The zero-order valence-electron chi connectivity index (χ0n) is 17.0. The number of nitrogens with zero attached hydrogens (tertiary/aromatic N) is 2. The highest BCUT2D eigenvalue weighted by molar-refractivity contribution is 5.99. The monoisotopic (exact) mass is 415 g/mol. The van der Waals surface area contributed by atoms with Gasteiger partial charge in [0.05, 0.1) is 19.3 Å². The first kappa shape index (κ1) is 21.3. The second-order valence-corrected chi connectivity index (χ2v) is 6.71. The van der Waals surface area contributed by atoms with Crippen molar-refractivity contribution in [3.05, 3.63) is 65.4 Å². The SMILES string of the molecule is CCCOc1ccc(CNC(=O)c2cn(C)nc2-c2ccc(F)cc2F)cc1OC. The van der Waals surface area contributed by atoms with Gasteiger partial charge in [0.1, 0.15) is 17.3 Å². The summed E-state index contributed by atoms with van der Waals surface area (Å²) in [6, 6.07) is 8.57. The number of aryl methyl sites for hydroxylation is 1. The molecule has 3 aromatic rings. The molecule has 0 bridgehead atoms. The molecule has 1 N–H and O–H groups in total. The van der Waals surface area contributed by atoms with Gasteiger partial charge in [0.25, 0.3) is 5.91 Å². The average molecular weight is 415 g/mol. The number of rotatable bonds is 8. The summed E-state index contributed by atoms with van der Waals surface area (Å²) in [7, 11) is 3.18. The Morgan fingerprint density at radius 3 is 2.67 bits per heavy atom. The second-order valence-electron chi connectivity index (χ2n) is 6.71. The lowest BCUT2D eigenvalue weighted by atomic mass is 10.1. The van der Waals surface area contributed by atoms with Crippen LogP contribution >= 0.6 is 0 Å². The van der Waals surface area contributed by atoms with Crippen LogP contribution in [0.25, 0.3) is 11.3 Å². The lowest BCUT2D eigenvalue weighted by Crippen LogP contribution is -2.23. The molecule has 1 amide bonds. The third kappa shape index (κ3) is 4.76. The first-order valence-electron chi connectivity index (χ1n) is 9.50. The van der Waals surface area contributed by atoms with Crippen LogP contribution in [-0.2, 0) is 13.6 Å². The van der Waals surface area contributed by atoms with E-state index in [1.165, 1.54) is 16.9 Å². The quantitative estimate of drug-likeness (QED) is 0.602. The summed E-state index contributed by atoms with van der Waals surface area (Å²) in [5.74, 6) is -0.692. The van der Waals surface area contributed by atoms with Crippen molar-refractivity contribution in [2.45, 2.75) is 19.9 Å². The number of benzene rings is 2. The van der Waals surface area contributed by atoms with Crippen LogP contribution < -0.4 is 14.8 Å². The Kier molecular flexibility index (Phi) is 6.66. The standard InChI is InChI=1S/C22H23F2N3O3/c1-4-9-30-19-8-5-14(10-20(19)29-3)12-25-22(28)17-13-27(2)26-21(17)16-7-6-15(23)11-18(16)24/h5-8,10-11,13H,4,9,12H2,1-3H3,(H,25,28). The first-order valence-corrected chi connectivity index (χ1v) is 9.50. The Bertz CT molecular complexity index is 1050. The van der Waals surface area contributed by atoms with Crippen molar-refractivity contribution in [1.82, 2.24) is 15.1 Å². The van der Waals surface area contributed by atoms with Gasteiger partial charge in [-0.15, -0.1) is 0 Å². The number of halogens is 2. The van der Waals surface area contributed by atoms with E-state index in [2.05, 4.69) is 10.4 Å². The summed E-state index contributed by atoms with van der Waals surface area (Å²) in [4.78, 5) is 12.7. The van der Waals surface area contributed by atoms with Crippen molar-refractivity contribution in [3.8, 4) is 22.8 Å². The molecule has 0 saturated carbocycles. The van der Waals surface area contributed by atoms with Crippen LogP contribution in [0.5, 0.6) is 11.5 Å². The highest BCUT2D eigenvalue weighted by atomic mass is 19.1. The average Bonchev–Trinajstić information content (AvgIpc) is 3.12. The number of hydrogen-bond donors (Lipinski definition) is 1. The molecule has 6 nitrogen and oxygen atoms in total. The molecule has 0 fully saturated rings. The molecule has 0 saturated heterocycles. The third-order valence-electron chi connectivity index (χ3n) is 4.40. The van der Waals surface area contributed by atoms with Crippen molar-refractivity contribution < 1.29 is 23.0 Å². The van der Waals surface area contributed by atoms with Crippen LogP contribution in [0.4, 0.5) is 8.78 Å². The van der Waals surface area contributed by atoms with E-state index in [1.807, 2.05) is 13.0 Å². The van der Waals surface area contributed by atoms with Crippen LogP contribution in [0.1, 0.15) is 29.3 Å². The van der Waals surface area contributed by atoms with Crippen LogP contribution in [-0.4, -0.2) is 29.4 Å². The summed E-state index contributed by atoms with van der Waals surface area (Å²) >= 11 is 0. The van der Waals surface area contributed by atoms with Crippen LogP contribution in [0, 0.1) is 11.6 Å². The van der Waals surface area contributed by atoms with Crippen molar-refractivity contribution in [1.29, 1.82) is 0 Å². The van der Waals surface area contributed by atoms with E-state index in [0.717, 1.165) is 24.1 Å². The Morgan fingerprint density at radius 1 is 1.17 bits per heavy atom. The molecule has 0 aliphatic rings. The van der Waals surface area contributed by atoms with E-state index < -0.39 is 17.5 Å². The molecule has 1 aromatic heterocycles. The van der Waals surface area contributed by atoms with E-state index in [0.29, 0.717) is 18.1 Å². The van der Waals surface area contributed by atoms with Crippen molar-refractivity contribution in [3.63, 3.8) is 0 Å². The van der Waals surface area contributed by atoms with E-state index in [-0.39, 0.29) is 23.4 Å². The number of methoxy groups -OCH3 is 1. The minimum atomic E-state index is -0.782. The van der Waals surface area contributed by atoms with Crippen LogP contribution in [0.2, 0.25) is 0 Å². The summed E-state index contributed by atoms with van der Waals surface area (Å²) in [5.41, 5.74) is 1.20. The summed E-state index contributed by atoms with van der Waals surface area (Å²) in [6.07, 6.45) is 2.37. The maximum Gasteiger partial charge on any atom is 0.255 e. The summed E-state index contributed by atoms with van der Waals surface area (Å²) < 4.78 is 39.8. The number of ether oxygens (including phenoxy) is 2. The van der Waals surface area contributed by atoms with Gasteiger partial charge in [-0.05, 0) is 36.2 Å². The lowest BCUT2D eigenvalue weighted by Gasteiger charge is -2.12. The predicted octanol–water partition coefficient (Wildman–Crippen LogP) is 4.09. The number of hydrogen-bond acceptors (Lipinski definition) is 4. The van der Waals surface area contributed by atoms with Crippen molar-refractivity contribution in [2.75, 3.05) is 13.7 Å². The second kappa shape index (κ2) is 9.39. The highest BCUT2D eigenvalue weighted by Gasteiger charge is 2.20. The Morgan fingerprint density at radius 2 is 1.97 bits per heavy atom. The summed E-state index contributed by atoms with van der Waals surface area (Å²) in [6.45, 7) is 2.82. The van der Waals surface area contributed by atoms with Gasteiger partial charge in [-0.2, -0.15) is 5.10 Å². The highest BCUT2D eigenvalue weighted by Crippen LogP contribution is 2.29. The number of aromatic nitrogens is 2. The first-order chi connectivity index (χ1) is 14.4. The van der Waals surface area contributed by atoms with E-state index in [4.69, 9.17) is 9.47 Å². The van der Waals surface area contributed by atoms with Crippen LogP contribution in [0.15, 0.2) is 42.6 Å². The van der Waals surface area contributed by atoms with Crippen molar-refractivity contribution >= 4 is 5.91 Å². The van der Waals surface area contributed by atoms with Gasteiger partial charge in [-0.1, -0.05) is 13.0 Å². The van der Waals surface area contributed by atoms with Gasteiger partial charge in [0.15, 0.2) is 11.5 Å². The summed E-state index contributed by atoms with van der Waals surface area (Å²) in [5, 5.41) is 6.97. The normalized spacial score (nSPS) is 10.7. The fourth-order valence-electron chi connectivity index (χ4n) is 2.97. The minimum absolute atomic E-state index is 0.0567. The number of nitrogens with one attached hydrogen (secondary N) is 1. The fraction of sp³-hybridized carbons (Fsp3) is 0.273. The lowest BCUT2D eigenvalue weighted by molar-refractivity contribution is 0.0951. The Labute approximate surface area is 173 Å². The molecule has 0 aliphatic carbocycles. The van der Waals surface area contributed by atoms with E-state index >= 15 is 0 Å². The molecule has 158 valence electrons. The van der Waals surface area contributed by atoms with E-state index in [9.17, 15) is 13.6 Å². The maximum absolute atomic E-state index is 14.2. The smallest absolute Gasteiger partial charge is 0.255 e. The van der Waals surface area contributed by atoms with Gasteiger partial charge in [0.2, 0.25) is 0 Å². The molecule has 8 heteroatoms. The van der Waals surface area contributed by atoms with Gasteiger partial charge in [-0.3, -0.25) is 9.48 Å². The van der Waals surface area contributed by atoms with Gasteiger partial charge >= 0.3 is 0 Å². The maximum atomic E-state index is 14.2. The van der Waals surface area contributed by atoms with Crippen molar-refractivity contribution in [2.24, 2.45) is 7.05 Å². The zero-order chi connectivity index (χ0) is 21.7. The third-order valence-corrected chi connectivity index (χ3v) is 4.40. The molecular formula is C22H23F2N3O3. The molecule has 0 aliphatic heterocycles. The molecule has 0 atom stereocenters. The zero-order valence-corrected chi connectivity index (χ0v) is 17.0. The van der Waals surface area contributed by atoms with Gasteiger partial charge in [-0.25, -0.2) is 8.78 Å². The minimum Gasteiger partial charge on any atom is -0.493 e.